The second-order valence-corrected chi connectivity index (χ2v) is 8.68. The minimum absolute atomic E-state index is 0.182. The Hall–Kier alpha value is -2.59. The number of carbonyl (C=O) groups excluding carboxylic acids is 1. The second kappa shape index (κ2) is 11.5. The maximum absolute atomic E-state index is 12.4. The monoisotopic (exact) mass is 458 g/mol. The minimum Gasteiger partial charge on any atom is -0.455 e. The number of hydrogen-bond donors (Lipinski definition) is 1. The van der Waals surface area contributed by atoms with Crippen molar-refractivity contribution < 1.29 is 23.4 Å². The number of furan rings is 1. The van der Waals surface area contributed by atoms with Crippen molar-refractivity contribution in [2.45, 2.75) is 13.1 Å². The van der Waals surface area contributed by atoms with E-state index in [0.717, 1.165) is 75.3 Å². The first-order valence-electron chi connectivity index (χ1n) is 11.5. The topological polar surface area (TPSA) is 79.7 Å². The summed E-state index contributed by atoms with van der Waals surface area (Å²) in [5, 5.41) is 2.90. The van der Waals surface area contributed by atoms with E-state index in [1.165, 1.54) is 0 Å². The average Bonchev–Trinajstić information content (AvgIpc) is 3.47. The molecule has 0 aliphatic carbocycles. The fourth-order valence-electron chi connectivity index (χ4n) is 3.90. The summed E-state index contributed by atoms with van der Waals surface area (Å²) >= 11 is 0. The lowest BCUT2D eigenvalue weighted by Gasteiger charge is -2.29. The summed E-state index contributed by atoms with van der Waals surface area (Å²) in [6, 6.07) is 9.71. The van der Waals surface area contributed by atoms with E-state index in [1.807, 2.05) is 37.2 Å². The smallest absolute Gasteiger partial charge is 0.287 e. The molecule has 0 radical (unpaired) electrons. The molecule has 2 aliphatic rings. The third kappa shape index (κ3) is 6.94. The van der Waals surface area contributed by atoms with E-state index in [4.69, 9.17) is 18.6 Å². The molecule has 1 aromatic heterocycles. The first-order chi connectivity index (χ1) is 16.1. The highest BCUT2D eigenvalue weighted by Crippen LogP contribution is 2.33. The number of rotatable bonds is 11. The van der Waals surface area contributed by atoms with Crippen LogP contribution >= 0.6 is 0 Å². The minimum atomic E-state index is -0.182. The molecule has 9 heteroatoms. The summed E-state index contributed by atoms with van der Waals surface area (Å²) in [5.41, 5.74) is 1.15. The second-order valence-electron chi connectivity index (χ2n) is 8.68. The van der Waals surface area contributed by atoms with Crippen LogP contribution in [0.2, 0.25) is 0 Å². The molecular weight excluding hydrogens is 424 g/mol. The quantitative estimate of drug-likeness (QED) is 0.545. The van der Waals surface area contributed by atoms with Gasteiger partial charge in [-0.2, -0.15) is 0 Å². The molecule has 1 fully saturated rings. The van der Waals surface area contributed by atoms with Gasteiger partial charge in [-0.05, 0) is 43.9 Å². The van der Waals surface area contributed by atoms with Gasteiger partial charge in [-0.25, -0.2) is 0 Å². The van der Waals surface area contributed by atoms with E-state index in [9.17, 15) is 4.79 Å². The van der Waals surface area contributed by atoms with E-state index in [-0.39, 0.29) is 12.7 Å². The first kappa shape index (κ1) is 23.6. The highest BCUT2D eigenvalue weighted by molar-refractivity contribution is 5.91. The highest BCUT2D eigenvalue weighted by Gasteiger charge is 2.18. The number of fused-ring (bicyclic) bond motifs is 1. The Balaban J connectivity index is 1.38. The van der Waals surface area contributed by atoms with Gasteiger partial charge in [-0.1, -0.05) is 6.07 Å². The Morgan fingerprint density at radius 3 is 2.67 bits per heavy atom. The lowest BCUT2D eigenvalue weighted by Crippen LogP contribution is -2.41. The Kier molecular flexibility index (Phi) is 8.22. The number of amides is 1. The summed E-state index contributed by atoms with van der Waals surface area (Å²) < 4.78 is 22.3. The number of nitrogens with one attached hydrogen (secondary N) is 1. The molecule has 3 heterocycles. The lowest BCUT2D eigenvalue weighted by atomic mass is 10.2. The predicted octanol–water partition coefficient (Wildman–Crippen LogP) is 1.63. The molecule has 33 heavy (non-hydrogen) atoms. The van der Waals surface area contributed by atoms with E-state index < -0.39 is 0 Å². The number of nitrogens with zero attached hydrogens (tertiary/aromatic N) is 3. The molecule has 1 amide bonds. The highest BCUT2D eigenvalue weighted by atomic mass is 16.7. The summed E-state index contributed by atoms with van der Waals surface area (Å²) in [7, 11) is 3.95. The van der Waals surface area contributed by atoms with Crippen LogP contribution in [0.3, 0.4) is 0 Å². The van der Waals surface area contributed by atoms with Crippen molar-refractivity contribution in [3.8, 4) is 11.5 Å². The summed E-state index contributed by atoms with van der Waals surface area (Å²) in [6.07, 6.45) is 0. The standard InChI is InChI=1S/C24H34N4O5/c1-26(2)8-7-25-24(29)22-6-4-20(33-22)17-28(10-9-27-11-13-30-14-12-27)16-19-3-5-21-23(15-19)32-18-31-21/h3-6,15H,7-14,16-18H2,1-2H3,(H,25,29). The molecule has 1 N–H and O–H groups in total. The number of likely N-dealkylation sites (N-methyl/N-ethyl adjacent to an activating group) is 1. The van der Waals surface area contributed by atoms with Crippen molar-refractivity contribution >= 4 is 5.91 Å². The Morgan fingerprint density at radius 2 is 1.85 bits per heavy atom. The molecular formula is C24H34N4O5. The maximum atomic E-state index is 12.4. The summed E-state index contributed by atoms with van der Waals surface area (Å²) in [6.45, 7) is 8.29. The summed E-state index contributed by atoms with van der Waals surface area (Å²) in [5.74, 6) is 2.51. The number of ether oxygens (including phenoxy) is 3. The molecule has 1 aromatic carbocycles. The first-order valence-corrected chi connectivity index (χ1v) is 11.5. The largest absolute Gasteiger partial charge is 0.455 e. The van der Waals surface area contributed by atoms with Crippen LogP contribution in [0, 0.1) is 0 Å². The van der Waals surface area contributed by atoms with E-state index in [0.29, 0.717) is 18.8 Å². The Bertz CT molecular complexity index is 910. The van der Waals surface area contributed by atoms with Crippen molar-refractivity contribution in [1.29, 1.82) is 0 Å². The zero-order valence-corrected chi connectivity index (χ0v) is 19.5. The lowest BCUT2D eigenvalue weighted by molar-refractivity contribution is 0.0321. The third-order valence-electron chi connectivity index (χ3n) is 5.79. The van der Waals surface area contributed by atoms with Crippen molar-refractivity contribution in [3.63, 3.8) is 0 Å². The Morgan fingerprint density at radius 1 is 1.03 bits per heavy atom. The maximum Gasteiger partial charge on any atom is 0.287 e. The van der Waals surface area contributed by atoms with Crippen LogP contribution in [0.5, 0.6) is 11.5 Å². The van der Waals surface area contributed by atoms with E-state index in [2.05, 4.69) is 21.2 Å². The third-order valence-corrected chi connectivity index (χ3v) is 5.79. The fraction of sp³-hybridized carbons (Fsp3) is 0.542. The van der Waals surface area contributed by atoms with Crippen LogP contribution in [-0.4, -0.2) is 94.0 Å². The van der Waals surface area contributed by atoms with Gasteiger partial charge in [0.2, 0.25) is 6.79 Å². The van der Waals surface area contributed by atoms with Crippen molar-refractivity contribution in [1.82, 2.24) is 20.0 Å². The van der Waals surface area contributed by atoms with Crippen LogP contribution in [0.4, 0.5) is 0 Å². The van der Waals surface area contributed by atoms with Crippen molar-refractivity contribution in [3.05, 3.63) is 47.4 Å². The molecule has 0 spiro atoms. The number of morpholine rings is 1. The zero-order chi connectivity index (χ0) is 23.0. The van der Waals surface area contributed by atoms with Gasteiger partial charge >= 0.3 is 0 Å². The van der Waals surface area contributed by atoms with Crippen LogP contribution in [0.25, 0.3) is 0 Å². The SMILES string of the molecule is CN(C)CCNC(=O)c1ccc(CN(CCN2CCOCC2)Cc2ccc3c(c2)OCO3)o1. The molecule has 0 saturated carbocycles. The molecule has 4 rings (SSSR count). The van der Waals surface area contributed by atoms with Gasteiger partial charge in [0.25, 0.3) is 5.91 Å². The van der Waals surface area contributed by atoms with Crippen LogP contribution in [0.1, 0.15) is 21.9 Å². The molecule has 0 atom stereocenters. The summed E-state index contributed by atoms with van der Waals surface area (Å²) in [4.78, 5) is 19.2. The van der Waals surface area contributed by atoms with Gasteiger partial charge in [0.05, 0.1) is 19.8 Å². The van der Waals surface area contributed by atoms with Crippen LogP contribution in [0.15, 0.2) is 34.7 Å². The van der Waals surface area contributed by atoms with Gasteiger partial charge < -0.3 is 28.8 Å². The molecule has 0 unspecified atom stereocenters. The molecule has 180 valence electrons. The van der Waals surface area contributed by atoms with Crippen molar-refractivity contribution in [2.24, 2.45) is 0 Å². The number of carbonyl (C=O) groups is 1. The van der Waals surface area contributed by atoms with Gasteiger partial charge in [-0.15, -0.1) is 0 Å². The van der Waals surface area contributed by atoms with E-state index >= 15 is 0 Å². The number of hydrogen-bond acceptors (Lipinski definition) is 8. The molecule has 0 bridgehead atoms. The molecule has 2 aromatic rings. The molecule has 9 nitrogen and oxygen atoms in total. The van der Waals surface area contributed by atoms with Crippen LogP contribution in [-0.2, 0) is 17.8 Å². The normalized spacial score (nSPS) is 16.0. The fourth-order valence-corrected chi connectivity index (χ4v) is 3.90. The van der Waals surface area contributed by atoms with E-state index in [1.54, 1.807) is 6.07 Å². The average molecular weight is 459 g/mol. The number of benzene rings is 1. The zero-order valence-electron chi connectivity index (χ0n) is 19.5. The van der Waals surface area contributed by atoms with Crippen molar-refractivity contribution in [2.75, 3.05) is 73.4 Å². The van der Waals surface area contributed by atoms with Gasteiger partial charge in [0.1, 0.15) is 5.76 Å². The molecule has 2 aliphatic heterocycles. The van der Waals surface area contributed by atoms with Gasteiger partial charge in [0, 0.05) is 45.8 Å². The van der Waals surface area contributed by atoms with Gasteiger partial charge in [0.15, 0.2) is 17.3 Å². The molecule has 1 saturated heterocycles. The van der Waals surface area contributed by atoms with Crippen LogP contribution < -0.4 is 14.8 Å². The van der Waals surface area contributed by atoms with Gasteiger partial charge in [-0.3, -0.25) is 14.6 Å². The predicted molar refractivity (Wildman–Crippen MR) is 124 cm³/mol. The Labute approximate surface area is 195 Å².